The molecule has 0 aromatic rings. The molecule has 0 aromatic heterocycles. The third-order valence-electron chi connectivity index (χ3n) is 1.94. The van der Waals surface area contributed by atoms with E-state index in [9.17, 15) is 14.4 Å². The first-order valence-electron chi connectivity index (χ1n) is 4.74. The molecule has 0 aromatic carbocycles. The number of nitrogens with two attached hydrogens (primary N) is 1. The number of rotatable bonds is 7. The highest BCUT2D eigenvalue weighted by Gasteiger charge is 2.17. The fraction of sp³-hybridized carbons (Fsp3) is 0.667. The summed E-state index contributed by atoms with van der Waals surface area (Å²) in [4.78, 5) is 31.9. The lowest BCUT2D eigenvalue weighted by molar-refractivity contribution is -0.137. The molecule has 0 aliphatic carbocycles. The first-order valence-corrected chi connectivity index (χ1v) is 4.74. The Bertz CT molecular complexity index is 242. The van der Waals surface area contributed by atoms with Crippen molar-refractivity contribution in [1.82, 2.24) is 5.32 Å². The van der Waals surface area contributed by atoms with Gasteiger partial charge < -0.3 is 21.0 Å². The van der Waals surface area contributed by atoms with E-state index in [-0.39, 0.29) is 12.8 Å². The quantitative estimate of drug-likeness (QED) is 0.486. The molecule has 0 heterocycles. The van der Waals surface area contributed by atoms with Gasteiger partial charge in [-0.05, 0) is 12.8 Å². The normalized spacial score (nSPS) is 14.0. The molecule has 86 valence electrons. The number of hydrogen-bond donors (Lipinski definition) is 3. The van der Waals surface area contributed by atoms with Crippen LogP contribution in [0.15, 0.2) is 0 Å². The minimum Gasteiger partial charge on any atom is -0.481 e. The van der Waals surface area contributed by atoms with Gasteiger partial charge in [0.2, 0.25) is 5.91 Å². The Balaban J connectivity index is 3.97. The summed E-state index contributed by atoms with van der Waals surface area (Å²) in [6.07, 6.45) is 1.02. The molecule has 15 heavy (non-hydrogen) atoms. The second-order valence-electron chi connectivity index (χ2n) is 3.20. The van der Waals surface area contributed by atoms with Gasteiger partial charge in [-0.2, -0.15) is 0 Å². The molecule has 6 heteroatoms. The fourth-order valence-corrected chi connectivity index (χ4v) is 0.932. The van der Waals surface area contributed by atoms with Crippen molar-refractivity contribution in [1.29, 1.82) is 0 Å². The van der Waals surface area contributed by atoms with E-state index in [0.717, 1.165) is 0 Å². The second-order valence-corrected chi connectivity index (χ2v) is 3.20. The van der Waals surface area contributed by atoms with E-state index in [0.29, 0.717) is 12.7 Å². The topological polar surface area (TPSA) is 109 Å². The van der Waals surface area contributed by atoms with Crippen LogP contribution in [0.25, 0.3) is 0 Å². The van der Waals surface area contributed by atoms with Crippen molar-refractivity contribution in [3.8, 4) is 0 Å². The third kappa shape index (κ3) is 5.79. The smallest absolute Gasteiger partial charge is 0.303 e. The van der Waals surface area contributed by atoms with E-state index in [1.807, 2.05) is 0 Å². The number of carboxylic acids is 1. The predicted octanol–water partition coefficient (Wildman–Crippen LogP) is -0.728. The first kappa shape index (κ1) is 13.6. The summed E-state index contributed by atoms with van der Waals surface area (Å²) in [5.74, 6) is -1.49. The Labute approximate surface area is 87.8 Å². The lowest BCUT2D eigenvalue weighted by atomic mass is 10.1. The zero-order valence-electron chi connectivity index (χ0n) is 8.60. The SMILES string of the molecule is CCC(C=O)NC(=O)[C@@H](N)CCC(=O)O. The van der Waals surface area contributed by atoms with Gasteiger partial charge >= 0.3 is 5.97 Å². The minimum absolute atomic E-state index is 0.0659. The number of carbonyl (C=O) groups excluding carboxylic acids is 2. The summed E-state index contributed by atoms with van der Waals surface area (Å²) in [5.41, 5.74) is 5.43. The van der Waals surface area contributed by atoms with Crippen LogP contribution in [0.5, 0.6) is 0 Å². The highest BCUT2D eigenvalue weighted by molar-refractivity contribution is 5.84. The molecule has 4 N–H and O–H groups in total. The third-order valence-corrected chi connectivity index (χ3v) is 1.94. The van der Waals surface area contributed by atoms with Gasteiger partial charge in [-0.15, -0.1) is 0 Å². The number of hydrogen-bond acceptors (Lipinski definition) is 4. The molecule has 0 fully saturated rings. The van der Waals surface area contributed by atoms with Crippen LogP contribution in [0.4, 0.5) is 0 Å². The van der Waals surface area contributed by atoms with Crippen molar-refractivity contribution in [3.05, 3.63) is 0 Å². The highest BCUT2D eigenvalue weighted by Crippen LogP contribution is 1.96. The minimum atomic E-state index is -0.999. The van der Waals surface area contributed by atoms with Crippen LogP contribution in [-0.4, -0.2) is 35.4 Å². The Morgan fingerprint density at radius 3 is 2.53 bits per heavy atom. The average molecular weight is 216 g/mol. The first-order chi connectivity index (χ1) is 7.01. The van der Waals surface area contributed by atoms with Crippen molar-refractivity contribution in [2.24, 2.45) is 5.73 Å². The van der Waals surface area contributed by atoms with Gasteiger partial charge in [-0.25, -0.2) is 0 Å². The molecular formula is C9H16N2O4. The molecule has 0 radical (unpaired) electrons. The average Bonchev–Trinajstić information content (AvgIpc) is 2.21. The summed E-state index contributed by atoms with van der Waals surface area (Å²) in [5, 5.41) is 10.8. The molecule has 0 saturated carbocycles. The lowest BCUT2D eigenvalue weighted by Gasteiger charge is -2.14. The van der Waals surface area contributed by atoms with Crippen LogP contribution in [-0.2, 0) is 14.4 Å². The van der Waals surface area contributed by atoms with Gasteiger partial charge in [0.15, 0.2) is 0 Å². The van der Waals surface area contributed by atoms with Crippen LogP contribution in [0, 0.1) is 0 Å². The Morgan fingerprint density at radius 2 is 2.13 bits per heavy atom. The highest BCUT2D eigenvalue weighted by atomic mass is 16.4. The molecule has 1 amide bonds. The van der Waals surface area contributed by atoms with Gasteiger partial charge in [0.05, 0.1) is 12.1 Å². The fourth-order valence-electron chi connectivity index (χ4n) is 0.932. The summed E-state index contributed by atoms with van der Waals surface area (Å²) >= 11 is 0. The molecule has 1 unspecified atom stereocenters. The van der Waals surface area contributed by atoms with Crippen LogP contribution in [0.2, 0.25) is 0 Å². The largest absolute Gasteiger partial charge is 0.481 e. The number of nitrogens with one attached hydrogen (secondary N) is 1. The molecule has 0 aliphatic heterocycles. The Morgan fingerprint density at radius 1 is 1.53 bits per heavy atom. The summed E-state index contributed by atoms with van der Waals surface area (Å²) < 4.78 is 0. The molecule has 0 spiro atoms. The van der Waals surface area contributed by atoms with E-state index in [4.69, 9.17) is 10.8 Å². The van der Waals surface area contributed by atoms with Gasteiger partial charge in [0, 0.05) is 6.42 Å². The van der Waals surface area contributed by atoms with Gasteiger partial charge in [-0.3, -0.25) is 9.59 Å². The summed E-state index contributed by atoms with van der Waals surface area (Å²) in [6.45, 7) is 1.75. The maximum Gasteiger partial charge on any atom is 0.303 e. The number of carbonyl (C=O) groups is 3. The van der Waals surface area contributed by atoms with Crippen molar-refractivity contribution < 1.29 is 19.5 Å². The number of amides is 1. The standard InChI is InChI=1S/C9H16N2O4/c1-2-6(5-12)11-9(15)7(10)3-4-8(13)14/h5-7H,2-4,10H2,1H3,(H,11,15)(H,13,14)/t6?,7-/m0/s1. The Hall–Kier alpha value is -1.43. The Kier molecular flexibility index (Phi) is 6.28. The van der Waals surface area contributed by atoms with Crippen molar-refractivity contribution in [3.63, 3.8) is 0 Å². The van der Waals surface area contributed by atoms with Crippen molar-refractivity contribution in [2.45, 2.75) is 38.3 Å². The van der Waals surface area contributed by atoms with Crippen LogP contribution in [0.1, 0.15) is 26.2 Å². The zero-order valence-corrected chi connectivity index (χ0v) is 8.60. The maximum atomic E-state index is 11.3. The molecule has 2 atom stereocenters. The van der Waals surface area contributed by atoms with Crippen molar-refractivity contribution in [2.75, 3.05) is 0 Å². The monoisotopic (exact) mass is 216 g/mol. The summed E-state index contributed by atoms with van der Waals surface area (Å²) in [6, 6.07) is -1.43. The molecule has 6 nitrogen and oxygen atoms in total. The lowest BCUT2D eigenvalue weighted by Crippen LogP contribution is -2.45. The molecule has 0 saturated heterocycles. The van der Waals surface area contributed by atoms with E-state index >= 15 is 0 Å². The van der Waals surface area contributed by atoms with Gasteiger partial charge in [0.25, 0.3) is 0 Å². The number of aliphatic carboxylic acids is 1. The van der Waals surface area contributed by atoms with E-state index in [1.165, 1.54) is 0 Å². The number of aldehydes is 1. The molecule has 0 aliphatic rings. The zero-order chi connectivity index (χ0) is 11.8. The summed E-state index contributed by atoms with van der Waals surface area (Å²) in [7, 11) is 0. The maximum absolute atomic E-state index is 11.3. The molecule has 0 rings (SSSR count). The predicted molar refractivity (Wildman–Crippen MR) is 53.1 cm³/mol. The van der Waals surface area contributed by atoms with Crippen LogP contribution < -0.4 is 11.1 Å². The number of carboxylic acid groups (broad SMARTS) is 1. The van der Waals surface area contributed by atoms with Crippen molar-refractivity contribution >= 4 is 18.2 Å². The van der Waals surface area contributed by atoms with E-state index < -0.39 is 24.0 Å². The van der Waals surface area contributed by atoms with Crippen LogP contribution in [0.3, 0.4) is 0 Å². The van der Waals surface area contributed by atoms with E-state index in [1.54, 1.807) is 6.92 Å². The molecule has 0 bridgehead atoms. The van der Waals surface area contributed by atoms with E-state index in [2.05, 4.69) is 5.32 Å². The van der Waals surface area contributed by atoms with Crippen LogP contribution >= 0.6 is 0 Å². The second kappa shape index (κ2) is 6.94. The molecular weight excluding hydrogens is 200 g/mol. The van der Waals surface area contributed by atoms with Gasteiger partial charge in [0.1, 0.15) is 6.29 Å². The van der Waals surface area contributed by atoms with Gasteiger partial charge in [-0.1, -0.05) is 6.92 Å².